The van der Waals surface area contributed by atoms with Gasteiger partial charge < -0.3 is 9.67 Å². The summed E-state index contributed by atoms with van der Waals surface area (Å²) in [5, 5.41) is 9.30. The van der Waals surface area contributed by atoms with Gasteiger partial charge in [-0.1, -0.05) is 30.3 Å². The van der Waals surface area contributed by atoms with Crippen molar-refractivity contribution in [3.8, 4) is 0 Å². The summed E-state index contributed by atoms with van der Waals surface area (Å²) < 4.78 is 2.29. The zero-order valence-corrected chi connectivity index (χ0v) is 10.4. The van der Waals surface area contributed by atoms with E-state index < -0.39 is 0 Å². The maximum atomic E-state index is 9.30. The number of nitrogens with zero attached hydrogens (tertiary/aromatic N) is 2. The fourth-order valence-corrected chi connectivity index (χ4v) is 2.65. The highest BCUT2D eigenvalue weighted by atomic mass is 16.3. The summed E-state index contributed by atoms with van der Waals surface area (Å²) in [6.07, 6.45) is 4.98. The number of hydrogen-bond acceptors (Lipinski definition) is 2. The summed E-state index contributed by atoms with van der Waals surface area (Å²) in [6.45, 7) is 1.19. The van der Waals surface area contributed by atoms with Gasteiger partial charge in [0, 0.05) is 37.4 Å². The van der Waals surface area contributed by atoms with Gasteiger partial charge in [-0.05, 0) is 18.4 Å². The number of benzene rings is 1. The molecule has 0 aliphatic carbocycles. The molecule has 1 unspecified atom stereocenters. The molecule has 1 aromatic heterocycles. The van der Waals surface area contributed by atoms with Gasteiger partial charge in [-0.15, -0.1) is 0 Å². The second-order valence-electron chi connectivity index (χ2n) is 5.03. The largest absolute Gasteiger partial charge is 0.396 e. The summed E-state index contributed by atoms with van der Waals surface area (Å²) in [5.74, 6) is 1.51. The number of imidazole rings is 1. The van der Waals surface area contributed by atoms with Crippen LogP contribution in [0.5, 0.6) is 0 Å². The average Bonchev–Trinajstić information content (AvgIpc) is 2.82. The molecule has 3 rings (SSSR count). The Hall–Kier alpha value is -1.61. The van der Waals surface area contributed by atoms with Gasteiger partial charge in [-0.2, -0.15) is 0 Å². The van der Waals surface area contributed by atoms with Gasteiger partial charge in [0.2, 0.25) is 0 Å². The molecule has 0 saturated heterocycles. The number of aromatic nitrogens is 2. The third kappa shape index (κ3) is 2.18. The minimum Gasteiger partial charge on any atom is -0.396 e. The van der Waals surface area contributed by atoms with Gasteiger partial charge in [-0.25, -0.2) is 4.98 Å². The molecule has 2 aromatic rings. The normalized spacial score (nSPS) is 18.6. The molecular weight excluding hydrogens is 224 g/mol. The van der Waals surface area contributed by atoms with E-state index in [9.17, 15) is 5.11 Å². The van der Waals surface area contributed by atoms with Crippen molar-refractivity contribution in [1.82, 2.24) is 9.55 Å². The Kier molecular flexibility index (Phi) is 3.15. The molecule has 0 bridgehead atoms. The minimum absolute atomic E-state index is 0.280. The van der Waals surface area contributed by atoms with E-state index in [1.165, 1.54) is 11.3 Å². The number of aliphatic hydroxyl groups is 1. The van der Waals surface area contributed by atoms with Crippen LogP contribution in [-0.4, -0.2) is 21.3 Å². The molecule has 0 fully saturated rings. The van der Waals surface area contributed by atoms with Crippen LogP contribution in [0.15, 0.2) is 36.5 Å². The molecule has 1 N–H and O–H groups in total. The van der Waals surface area contributed by atoms with E-state index in [1.54, 1.807) is 0 Å². The Balaban J connectivity index is 1.84. The lowest BCUT2D eigenvalue weighted by molar-refractivity contribution is 0.190. The Labute approximate surface area is 107 Å². The third-order valence-corrected chi connectivity index (χ3v) is 3.73. The van der Waals surface area contributed by atoms with Crippen LogP contribution in [-0.2, 0) is 19.4 Å². The fourth-order valence-electron chi connectivity index (χ4n) is 2.65. The molecule has 18 heavy (non-hydrogen) atoms. The first-order chi connectivity index (χ1) is 8.86. The fraction of sp³-hybridized carbons (Fsp3) is 0.400. The van der Waals surface area contributed by atoms with Crippen LogP contribution in [0.2, 0.25) is 0 Å². The predicted octanol–water partition coefficient (Wildman–Crippen LogP) is 2.03. The van der Waals surface area contributed by atoms with Crippen LogP contribution in [0, 0.1) is 5.92 Å². The summed E-state index contributed by atoms with van der Waals surface area (Å²) in [6, 6.07) is 10.4. The molecule has 1 atom stereocenters. The first kappa shape index (κ1) is 11.5. The van der Waals surface area contributed by atoms with Crippen LogP contribution in [0.1, 0.15) is 23.5 Å². The van der Waals surface area contributed by atoms with Crippen LogP contribution in [0.25, 0.3) is 0 Å². The number of aliphatic hydroxyl groups excluding tert-OH is 1. The van der Waals surface area contributed by atoms with Gasteiger partial charge in [0.25, 0.3) is 0 Å². The maximum absolute atomic E-state index is 9.30. The minimum atomic E-state index is 0.280. The molecule has 94 valence electrons. The van der Waals surface area contributed by atoms with Crippen molar-refractivity contribution in [2.45, 2.75) is 25.8 Å². The lowest BCUT2D eigenvalue weighted by Crippen LogP contribution is -2.24. The van der Waals surface area contributed by atoms with Gasteiger partial charge in [0.15, 0.2) is 0 Å². The quantitative estimate of drug-likeness (QED) is 0.894. The highest BCUT2D eigenvalue weighted by molar-refractivity contribution is 5.21. The molecule has 2 heterocycles. The molecule has 0 saturated carbocycles. The van der Waals surface area contributed by atoms with E-state index in [4.69, 9.17) is 0 Å². The van der Waals surface area contributed by atoms with Crippen molar-refractivity contribution in [3.63, 3.8) is 0 Å². The predicted molar refractivity (Wildman–Crippen MR) is 70.4 cm³/mol. The van der Waals surface area contributed by atoms with Crippen LogP contribution in [0.4, 0.5) is 0 Å². The molecule has 1 aliphatic rings. The molecular formula is C15H18N2O. The summed E-state index contributed by atoms with van der Waals surface area (Å²) in [5.41, 5.74) is 2.60. The van der Waals surface area contributed by atoms with Crippen molar-refractivity contribution < 1.29 is 5.11 Å². The van der Waals surface area contributed by atoms with Crippen LogP contribution >= 0.6 is 0 Å². The van der Waals surface area contributed by atoms with Gasteiger partial charge in [0.1, 0.15) is 5.82 Å². The summed E-state index contributed by atoms with van der Waals surface area (Å²) in [7, 11) is 0. The number of hydrogen-bond donors (Lipinski definition) is 1. The number of aryl methyl sites for hydroxylation is 1. The number of rotatable bonds is 3. The van der Waals surface area contributed by atoms with Crippen LogP contribution in [0.3, 0.4) is 0 Å². The Morgan fingerprint density at radius 1 is 1.28 bits per heavy atom. The number of fused-ring (bicyclic) bond motifs is 1. The molecule has 3 nitrogen and oxygen atoms in total. The topological polar surface area (TPSA) is 38.1 Å². The third-order valence-electron chi connectivity index (χ3n) is 3.73. The van der Waals surface area contributed by atoms with Crippen molar-refractivity contribution in [3.05, 3.63) is 53.6 Å². The summed E-state index contributed by atoms with van der Waals surface area (Å²) >= 11 is 0. The first-order valence-corrected chi connectivity index (χ1v) is 6.55. The van der Waals surface area contributed by atoms with E-state index in [2.05, 4.69) is 33.8 Å². The van der Waals surface area contributed by atoms with E-state index in [1.807, 2.05) is 12.3 Å². The molecule has 3 heteroatoms. The highest BCUT2D eigenvalue weighted by Gasteiger charge is 2.20. The van der Waals surface area contributed by atoms with Gasteiger partial charge >= 0.3 is 0 Å². The molecule has 1 aliphatic heterocycles. The highest BCUT2D eigenvalue weighted by Crippen LogP contribution is 2.22. The van der Waals surface area contributed by atoms with Crippen LogP contribution < -0.4 is 0 Å². The van der Waals surface area contributed by atoms with Gasteiger partial charge in [0.05, 0.1) is 0 Å². The zero-order valence-electron chi connectivity index (χ0n) is 10.4. The van der Waals surface area contributed by atoms with E-state index in [-0.39, 0.29) is 6.61 Å². The standard InChI is InChI=1S/C15H18N2O/c18-11-13-6-7-14-9-16-15(17(14)10-13)8-12-4-2-1-3-5-12/h1-5,9,13,18H,6-8,10-11H2. The lowest BCUT2D eigenvalue weighted by atomic mass is 9.99. The molecule has 1 aromatic carbocycles. The van der Waals surface area contributed by atoms with Crippen molar-refractivity contribution in [2.24, 2.45) is 5.92 Å². The molecule has 0 spiro atoms. The average molecular weight is 242 g/mol. The van der Waals surface area contributed by atoms with E-state index >= 15 is 0 Å². The lowest BCUT2D eigenvalue weighted by Gasteiger charge is -2.23. The van der Waals surface area contributed by atoms with Crippen molar-refractivity contribution >= 4 is 0 Å². The Morgan fingerprint density at radius 3 is 2.89 bits per heavy atom. The second kappa shape index (κ2) is 4.94. The molecule has 0 radical (unpaired) electrons. The van der Waals surface area contributed by atoms with Crippen molar-refractivity contribution in [2.75, 3.05) is 6.61 Å². The molecule has 0 amide bonds. The first-order valence-electron chi connectivity index (χ1n) is 6.55. The van der Waals surface area contributed by atoms with Gasteiger partial charge in [-0.3, -0.25) is 0 Å². The smallest absolute Gasteiger partial charge is 0.113 e. The van der Waals surface area contributed by atoms with E-state index in [0.717, 1.165) is 31.6 Å². The second-order valence-corrected chi connectivity index (χ2v) is 5.03. The maximum Gasteiger partial charge on any atom is 0.113 e. The Morgan fingerprint density at radius 2 is 2.11 bits per heavy atom. The Bertz CT molecular complexity index is 519. The zero-order chi connectivity index (χ0) is 12.4. The van der Waals surface area contributed by atoms with E-state index in [0.29, 0.717) is 5.92 Å². The monoisotopic (exact) mass is 242 g/mol. The van der Waals surface area contributed by atoms with Crippen molar-refractivity contribution in [1.29, 1.82) is 0 Å². The SMILES string of the molecule is OCC1CCc2cnc(Cc3ccccc3)n2C1. The summed E-state index contributed by atoms with van der Waals surface area (Å²) in [4.78, 5) is 4.54.